The van der Waals surface area contributed by atoms with Crippen LogP contribution >= 0.6 is 0 Å². The lowest BCUT2D eigenvalue weighted by molar-refractivity contribution is 0.0595. The van der Waals surface area contributed by atoms with Crippen LogP contribution < -0.4 is 5.32 Å². The van der Waals surface area contributed by atoms with E-state index in [-0.39, 0.29) is 5.56 Å². The van der Waals surface area contributed by atoms with Crippen molar-refractivity contribution in [2.45, 2.75) is 19.4 Å². The van der Waals surface area contributed by atoms with E-state index in [2.05, 4.69) is 10.1 Å². The maximum Gasteiger partial charge on any atom is 0.340 e. The molecule has 0 aliphatic rings. The summed E-state index contributed by atoms with van der Waals surface area (Å²) < 4.78 is 18.0. The summed E-state index contributed by atoms with van der Waals surface area (Å²) in [5, 5.41) is 11.7. The van der Waals surface area contributed by atoms with Gasteiger partial charge in [-0.15, -0.1) is 0 Å². The maximum absolute atomic E-state index is 13.5. The Morgan fingerprint density at radius 2 is 2.18 bits per heavy atom. The Morgan fingerprint density at radius 1 is 1.53 bits per heavy atom. The van der Waals surface area contributed by atoms with E-state index in [0.717, 1.165) is 6.07 Å². The highest BCUT2D eigenvalue weighted by molar-refractivity contribution is 5.90. The lowest BCUT2D eigenvalue weighted by atomic mass is 10.1. The maximum atomic E-state index is 13.5. The van der Waals surface area contributed by atoms with Crippen LogP contribution in [0.1, 0.15) is 24.2 Å². The Labute approximate surface area is 99.0 Å². The standard InChI is InChI=1S/C12H13FN2O2/c1-12(2,7-14)15-8-4-5-9(10(13)6-8)11(16)17-3/h4-6,15H,1-3H3. The minimum Gasteiger partial charge on any atom is -0.465 e. The summed E-state index contributed by atoms with van der Waals surface area (Å²) in [5.41, 5.74) is -0.506. The van der Waals surface area contributed by atoms with Crippen LogP contribution in [0.2, 0.25) is 0 Å². The third kappa shape index (κ3) is 3.18. The van der Waals surface area contributed by atoms with Crippen molar-refractivity contribution in [3.05, 3.63) is 29.6 Å². The second-order valence-electron chi connectivity index (χ2n) is 4.05. The Balaban J connectivity index is 2.98. The predicted octanol–water partition coefficient (Wildman–Crippen LogP) is 2.33. The molecule has 4 nitrogen and oxygen atoms in total. The van der Waals surface area contributed by atoms with Crippen molar-refractivity contribution in [1.29, 1.82) is 5.26 Å². The molecule has 1 aromatic rings. The van der Waals surface area contributed by atoms with E-state index in [1.165, 1.54) is 19.2 Å². The molecule has 1 N–H and O–H groups in total. The number of ether oxygens (including phenoxy) is 1. The van der Waals surface area contributed by atoms with E-state index >= 15 is 0 Å². The molecule has 0 heterocycles. The van der Waals surface area contributed by atoms with E-state index in [0.29, 0.717) is 5.69 Å². The molecule has 0 aliphatic heterocycles. The minimum atomic E-state index is -0.806. The molecule has 0 aromatic heterocycles. The first-order valence-electron chi connectivity index (χ1n) is 4.97. The summed E-state index contributed by atoms with van der Waals surface area (Å²) in [6.45, 7) is 3.33. The van der Waals surface area contributed by atoms with Crippen LogP contribution in [0.5, 0.6) is 0 Å². The summed E-state index contributed by atoms with van der Waals surface area (Å²) in [6.07, 6.45) is 0. The number of nitrogens with one attached hydrogen (secondary N) is 1. The molecular weight excluding hydrogens is 223 g/mol. The molecule has 0 fully saturated rings. The molecule has 0 atom stereocenters. The fraction of sp³-hybridized carbons (Fsp3) is 0.333. The summed E-state index contributed by atoms with van der Waals surface area (Å²) in [6, 6.07) is 6.03. The topological polar surface area (TPSA) is 62.1 Å². The van der Waals surface area contributed by atoms with Crippen LogP contribution in [-0.4, -0.2) is 18.6 Å². The van der Waals surface area contributed by atoms with Gasteiger partial charge in [0.15, 0.2) is 0 Å². The van der Waals surface area contributed by atoms with Gasteiger partial charge >= 0.3 is 5.97 Å². The first kappa shape index (κ1) is 13.0. The number of hydrogen-bond acceptors (Lipinski definition) is 4. The highest BCUT2D eigenvalue weighted by Crippen LogP contribution is 2.18. The molecule has 0 radical (unpaired) electrons. The normalized spacial score (nSPS) is 10.5. The molecule has 0 spiro atoms. The fourth-order valence-electron chi connectivity index (χ4n) is 1.26. The molecule has 5 heteroatoms. The Bertz CT molecular complexity index is 478. The van der Waals surface area contributed by atoms with Gasteiger partial charge < -0.3 is 10.1 Å². The van der Waals surface area contributed by atoms with Gasteiger partial charge in [-0.05, 0) is 32.0 Å². The SMILES string of the molecule is COC(=O)c1ccc(NC(C)(C)C#N)cc1F. The van der Waals surface area contributed by atoms with Gasteiger partial charge in [0, 0.05) is 5.69 Å². The van der Waals surface area contributed by atoms with Gasteiger partial charge in [0.05, 0.1) is 18.7 Å². The highest BCUT2D eigenvalue weighted by atomic mass is 19.1. The van der Waals surface area contributed by atoms with Crippen LogP contribution in [0.3, 0.4) is 0 Å². The second-order valence-corrected chi connectivity index (χ2v) is 4.05. The van der Waals surface area contributed by atoms with E-state index in [1.54, 1.807) is 13.8 Å². The summed E-state index contributed by atoms with van der Waals surface area (Å²) in [7, 11) is 1.19. The molecule has 0 amide bonds. The van der Waals surface area contributed by atoms with Gasteiger partial charge in [-0.25, -0.2) is 9.18 Å². The van der Waals surface area contributed by atoms with Crippen molar-refractivity contribution >= 4 is 11.7 Å². The largest absolute Gasteiger partial charge is 0.465 e. The molecule has 1 aromatic carbocycles. The van der Waals surface area contributed by atoms with E-state index in [4.69, 9.17) is 5.26 Å². The lowest BCUT2D eigenvalue weighted by Gasteiger charge is -2.19. The number of carbonyl (C=O) groups excluding carboxylic acids is 1. The Hall–Kier alpha value is -2.09. The zero-order chi connectivity index (χ0) is 13.1. The van der Waals surface area contributed by atoms with Crippen LogP contribution in [0, 0.1) is 17.1 Å². The number of rotatable bonds is 3. The van der Waals surface area contributed by atoms with Crippen molar-refractivity contribution < 1.29 is 13.9 Å². The number of anilines is 1. The zero-order valence-corrected chi connectivity index (χ0v) is 9.87. The second kappa shape index (κ2) is 4.83. The zero-order valence-electron chi connectivity index (χ0n) is 9.87. The van der Waals surface area contributed by atoms with Gasteiger partial charge in [0.1, 0.15) is 11.4 Å². The number of methoxy groups -OCH3 is 1. The summed E-state index contributed by atoms with van der Waals surface area (Å²) >= 11 is 0. The third-order valence-corrected chi connectivity index (χ3v) is 2.11. The van der Waals surface area contributed by atoms with Crippen LogP contribution in [0.15, 0.2) is 18.2 Å². The number of hydrogen-bond donors (Lipinski definition) is 1. The van der Waals surface area contributed by atoms with Gasteiger partial charge in [0.25, 0.3) is 0 Å². The number of halogens is 1. The molecule has 0 aliphatic carbocycles. The molecule has 0 saturated heterocycles. The monoisotopic (exact) mass is 236 g/mol. The third-order valence-electron chi connectivity index (χ3n) is 2.11. The highest BCUT2D eigenvalue weighted by Gasteiger charge is 2.18. The molecule has 0 unspecified atom stereocenters. The summed E-state index contributed by atoms with van der Waals surface area (Å²) in [5.74, 6) is -1.41. The molecule has 1 rings (SSSR count). The Morgan fingerprint density at radius 3 is 2.65 bits per heavy atom. The van der Waals surface area contributed by atoms with Crippen LogP contribution in [0.4, 0.5) is 10.1 Å². The van der Waals surface area contributed by atoms with Gasteiger partial charge in [-0.3, -0.25) is 0 Å². The molecule has 17 heavy (non-hydrogen) atoms. The number of benzene rings is 1. The van der Waals surface area contributed by atoms with Crippen LogP contribution in [0.25, 0.3) is 0 Å². The average Bonchev–Trinajstić information content (AvgIpc) is 2.28. The van der Waals surface area contributed by atoms with Crippen molar-refractivity contribution in [2.24, 2.45) is 0 Å². The number of nitrogens with zero attached hydrogens (tertiary/aromatic N) is 1. The lowest BCUT2D eigenvalue weighted by Crippen LogP contribution is -2.28. The molecule has 0 saturated carbocycles. The smallest absolute Gasteiger partial charge is 0.340 e. The van der Waals surface area contributed by atoms with E-state index in [1.807, 2.05) is 6.07 Å². The molecular formula is C12H13FN2O2. The fourth-order valence-corrected chi connectivity index (χ4v) is 1.26. The number of carbonyl (C=O) groups is 1. The van der Waals surface area contributed by atoms with Crippen LogP contribution in [-0.2, 0) is 4.74 Å². The van der Waals surface area contributed by atoms with Gasteiger partial charge in [-0.2, -0.15) is 5.26 Å². The van der Waals surface area contributed by atoms with Crippen molar-refractivity contribution in [2.75, 3.05) is 12.4 Å². The predicted molar refractivity (Wildman–Crippen MR) is 61.1 cm³/mol. The van der Waals surface area contributed by atoms with Crippen molar-refractivity contribution in [1.82, 2.24) is 0 Å². The van der Waals surface area contributed by atoms with Gasteiger partial charge in [-0.1, -0.05) is 0 Å². The quantitative estimate of drug-likeness (QED) is 0.818. The first-order chi connectivity index (χ1) is 7.89. The Kier molecular flexibility index (Phi) is 3.69. The van der Waals surface area contributed by atoms with Gasteiger partial charge in [0.2, 0.25) is 0 Å². The average molecular weight is 236 g/mol. The van der Waals surface area contributed by atoms with Crippen molar-refractivity contribution in [3.8, 4) is 6.07 Å². The molecule has 0 bridgehead atoms. The number of esters is 1. The first-order valence-corrected chi connectivity index (χ1v) is 4.97. The molecule has 90 valence electrons. The number of nitriles is 1. The van der Waals surface area contributed by atoms with E-state index in [9.17, 15) is 9.18 Å². The summed E-state index contributed by atoms with van der Waals surface area (Å²) in [4.78, 5) is 11.2. The minimum absolute atomic E-state index is 0.132. The van der Waals surface area contributed by atoms with Crippen molar-refractivity contribution in [3.63, 3.8) is 0 Å². The van der Waals surface area contributed by atoms with E-state index < -0.39 is 17.3 Å².